The van der Waals surface area contributed by atoms with Crippen molar-refractivity contribution in [3.05, 3.63) is 18.2 Å². The molecule has 2 amide bonds. The average molecular weight is 348 g/mol. The Balaban J connectivity index is 1.56. The van der Waals surface area contributed by atoms with E-state index >= 15 is 0 Å². The van der Waals surface area contributed by atoms with Crippen LogP contribution in [-0.4, -0.2) is 51.3 Å². The minimum absolute atomic E-state index is 0.0499. The molecule has 1 aromatic rings. The topological polar surface area (TPSA) is 77.1 Å². The Morgan fingerprint density at radius 1 is 1.32 bits per heavy atom. The zero-order chi connectivity index (χ0) is 17.6. The van der Waals surface area contributed by atoms with Crippen LogP contribution in [0.2, 0.25) is 0 Å². The normalized spacial score (nSPS) is 19.2. The van der Waals surface area contributed by atoms with Crippen LogP contribution in [0.3, 0.4) is 0 Å². The molecular weight excluding hydrogens is 324 g/mol. The maximum absolute atomic E-state index is 12.3. The van der Waals surface area contributed by atoms with Gasteiger partial charge < -0.3 is 24.4 Å². The van der Waals surface area contributed by atoms with Crippen molar-refractivity contribution in [3.8, 4) is 11.5 Å². The van der Waals surface area contributed by atoms with Crippen molar-refractivity contribution in [3.63, 3.8) is 0 Å². The van der Waals surface area contributed by atoms with E-state index in [1.807, 2.05) is 13.0 Å². The monoisotopic (exact) mass is 348 g/mol. The maximum Gasteiger partial charge on any atom is 0.227 e. The van der Waals surface area contributed by atoms with E-state index in [0.717, 1.165) is 12.1 Å². The van der Waals surface area contributed by atoms with Crippen LogP contribution < -0.4 is 19.7 Å². The first kappa shape index (κ1) is 17.5. The molecule has 0 spiro atoms. The molecular formula is C18H24N2O5. The lowest BCUT2D eigenvalue weighted by atomic mass is 10.1. The molecule has 0 bridgehead atoms. The maximum atomic E-state index is 12.3. The SMILES string of the molecule is CCOCCCNC(=O)[C@@H]1CC(=O)N(c2ccc3c(c2)OCCO3)C1. The van der Waals surface area contributed by atoms with Gasteiger partial charge in [-0.1, -0.05) is 0 Å². The fraction of sp³-hybridized carbons (Fsp3) is 0.556. The molecule has 7 heteroatoms. The molecule has 2 aliphatic heterocycles. The number of amides is 2. The van der Waals surface area contributed by atoms with Crippen molar-refractivity contribution in [2.24, 2.45) is 5.92 Å². The molecule has 0 aromatic heterocycles. The van der Waals surface area contributed by atoms with Crippen LogP contribution in [-0.2, 0) is 14.3 Å². The van der Waals surface area contributed by atoms with Crippen LogP contribution in [0.5, 0.6) is 11.5 Å². The molecule has 1 fully saturated rings. The molecule has 0 unspecified atom stereocenters. The second-order valence-corrected chi connectivity index (χ2v) is 6.07. The number of hydrogen-bond donors (Lipinski definition) is 1. The summed E-state index contributed by atoms with van der Waals surface area (Å²) in [6.45, 7) is 5.22. The highest BCUT2D eigenvalue weighted by molar-refractivity contribution is 6.00. The van der Waals surface area contributed by atoms with Crippen molar-refractivity contribution in [1.82, 2.24) is 5.32 Å². The molecule has 3 rings (SSSR count). The third-order valence-corrected chi connectivity index (χ3v) is 4.30. The lowest BCUT2D eigenvalue weighted by Gasteiger charge is -2.22. The molecule has 7 nitrogen and oxygen atoms in total. The van der Waals surface area contributed by atoms with Crippen molar-refractivity contribution in [2.75, 3.05) is 44.4 Å². The van der Waals surface area contributed by atoms with Gasteiger partial charge >= 0.3 is 0 Å². The van der Waals surface area contributed by atoms with E-state index in [1.54, 1.807) is 17.0 Å². The summed E-state index contributed by atoms with van der Waals surface area (Å²) in [5.74, 6) is 0.870. The molecule has 0 saturated carbocycles. The smallest absolute Gasteiger partial charge is 0.227 e. The van der Waals surface area contributed by atoms with Crippen LogP contribution in [0.4, 0.5) is 5.69 Å². The number of nitrogens with zero attached hydrogens (tertiary/aromatic N) is 1. The molecule has 0 radical (unpaired) electrons. The molecule has 1 aromatic carbocycles. The van der Waals surface area contributed by atoms with E-state index in [2.05, 4.69) is 5.32 Å². The Hall–Kier alpha value is -2.28. The van der Waals surface area contributed by atoms with Gasteiger partial charge in [-0.05, 0) is 25.5 Å². The van der Waals surface area contributed by atoms with E-state index in [4.69, 9.17) is 14.2 Å². The average Bonchev–Trinajstić information content (AvgIpc) is 3.03. The number of hydrogen-bond acceptors (Lipinski definition) is 5. The largest absolute Gasteiger partial charge is 0.486 e. The summed E-state index contributed by atoms with van der Waals surface area (Å²) in [6.07, 6.45) is 0.998. The van der Waals surface area contributed by atoms with Gasteiger partial charge in [0, 0.05) is 44.5 Å². The van der Waals surface area contributed by atoms with Crippen LogP contribution >= 0.6 is 0 Å². The van der Waals surface area contributed by atoms with Crippen LogP contribution in [0.25, 0.3) is 0 Å². The van der Waals surface area contributed by atoms with Gasteiger partial charge in [-0.15, -0.1) is 0 Å². The zero-order valence-electron chi connectivity index (χ0n) is 14.5. The van der Waals surface area contributed by atoms with E-state index in [0.29, 0.717) is 51.0 Å². The van der Waals surface area contributed by atoms with Gasteiger partial charge in [-0.3, -0.25) is 9.59 Å². The summed E-state index contributed by atoms with van der Waals surface area (Å²) >= 11 is 0. The Morgan fingerprint density at radius 2 is 2.12 bits per heavy atom. The zero-order valence-corrected chi connectivity index (χ0v) is 14.5. The van der Waals surface area contributed by atoms with Gasteiger partial charge in [0.15, 0.2) is 11.5 Å². The third-order valence-electron chi connectivity index (χ3n) is 4.30. The van der Waals surface area contributed by atoms with Crippen LogP contribution in [0.15, 0.2) is 18.2 Å². The Morgan fingerprint density at radius 3 is 2.92 bits per heavy atom. The highest BCUT2D eigenvalue weighted by atomic mass is 16.6. The summed E-state index contributed by atoms with van der Waals surface area (Å²) < 4.78 is 16.3. The predicted octanol–water partition coefficient (Wildman–Crippen LogP) is 1.35. The molecule has 136 valence electrons. The van der Waals surface area contributed by atoms with Gasteiger partial charge in [0.2, 0.25) is 11.8 Å². The second kappa shape index (κ2) is 8.20. The fourth-order valence-electron chi connectivity index (χ4n) is 3.01. The number of fused-ring (bicyclic) bond motifs is 1. The Labute approximate surface area is 147 Å². The lowest BCUT2D eigenvalue weighted by molar-refractivity contribution is -0.126. The molecule has 2 heterocycles. The standard InChI is InChI=1S/C18H24N2O5/c1-2-23-7-3-6-19-18(22)13-10-17(21)20(12-13)14-4-5-15-16(11-14)25-9-8-24-15/h4-5,11,13H,2-3,6-10,12H2,1H3,(H,19,22)/t13-/m1/s1. The number of ether oxygens (including phenoxy) is 3. The van der Waals surface area contributed by atoms with Crippen LogP contribution in [0, 0.1) is 5.92 Å². The first-order valence-electron chi connectivity index (χ1n) is 8.74. The van der Waals surface area contributed by atoms with Gasteiger partial charge in [-0.25, -0.2) is 0 Å². The van der Waals surface area contributed by atoms with Gasteiger partial charge in [-0.2, -0.15) is 0 Å². The predicted molar refractivity (Wildman–Crippen MR) is 92.0 cm³/mol. The molecule has 2 aliphatic rings. The van der Waals surface area contributed by atoms with E-state index in [9.17, 15) is 9.59 Å². The number of rotatable bonds is 7. The highest BCUT2D eigenvalue weighted by Crippen LogP contribution is 2.35. The van der Waals surface area contributed by atoms with Crippen LogP contribution in [0.1, 0.15) is 19.8 Å². The number of nitrogens with one attached hydrogen (secondary N) is 1. The fourth-order valence-corrected chi connectivity index (χ4v) is 3.01. The lowest BCUT2D eigenvalue weighted by Crippen LogP contribution is -2.33. The summed E-state index contributed by atoms with van der Waals surface area (Å²) in [7, 11) is 0. The van der Waals surface area contributed by atoms with Gasteiger partial charge in [0.25, 0.3) is 0 Å². The van der Waals surface area contributed by atoms with Gasteiger partial charge in [0.05, 0.1) is 5.92 Å². The summed E-state index contributed by atoms with van der Waals surface area (Å²) in [4.78, 5) is 26.2. The summed E-state index contributed by atoms with van der Waals surface area (Å²) in [6, 6.07) is 5.43. The Kier molecular flexibility index (Phi) is 5.75. The highest BCUT2D eigenvalue weighted by Gasteiger charge is 2.35. The minimum Gasteiger partial charge on any atom is -0.486 e. The summed E-state index contributed by atoms with van der Waals surface area (Å²) in [5, 5.41) is 2.88. The van der Waals surface area contributed by atoms with E-state index < -0.39 is 0 Å². The molecule has 1 saturated heterocycles. The molecule has 0 aliphatic carbocycles. The molecule has 1 atom stereocenters. The minimum atomic E-state index is -0.326. The Bertz CT molecular complexity index is 634. The van der Waals surface area contributed by atoms with Crippen molar-refractivity contribution in [2.45, 2.75) is 19.8 Å². The quantitative estimate of drug-likeness (QED) is 0.753. The number of benzene rings is 1. The summed E-state index contributed by atoms with van der Waals surface area (Å²) in [5.41, 5.74) is 0.737. The van der Waals surface area contributed by atoms with Crippen molar-refractivity contribution < 1.29 is 23.8 Å². The van der Waals surface area contributed by atoms with Crippen molar-refractivity contribution in [1.29, 1.82) is 0 Å². The number of carbonyl (C=O) groups excluding carboxylic acids is 2. The first-order valence-corrected chi connectivity index (χ1v) is 8.74. The van der Waals surface area contributed by atoms with E-state index in [1.165, 1.54) is 0 Å². The molecule has 1 N–H and O–H groups in total. The van der Waals surface area contributed by atoms with Gasteiger partial charge in [0.1, 0.15) is 13.2 Å². The van der Waals surface area contributed by atoms with Crippen molar-refractivity contribution >= 4 is 17.5 Å². The number of anilines is 1. The second-order valence-electron chi connectivity index (χ2n) is 6.07. The number of carbonyl (C=O) groups is 2. The molecule has 25 heavy (non-hydrogen) atoms. The first-order chi connectivity index (χ1) is 12.2. The third kappa shape index (κ3) is 4.22. The van der Waals surface area contributed by atoms with E-state index in [-0.39, 0.29) is 24.2 Å².